The Morgan fingerprint density at radius 1 is 1.50 bits per heavy atom. The molecule has 1 N–H and O–H groups in total. The molecule has 1 unspecified atom stereocenters. The second kappa shape index (κ2) is 8.04. The topological polar surface area (TPSA) is 84.9 Å². The smallest absolute Gasteiger partial charge is 0.261 e. The fourth-order valence-corrected chi connectivity index (χ4v) is 3.53. The fourth-order valence-electron chi connectivity index (χ4n) is 2.42. The first-order chi connectivity index (χ1) is 11.3. The molecule has 0 saturated carbocycles. The van der Waals surface area contributed by atoms with Gasteiger partial charge in [0, 0.05) is 38.2 Å². The van der Waals surface area contributed by atoms with Crippen LogP contribution in [0.5, 0.6) is 5.75 Å². The summed E-state index contributed by atoms with van der Waals surface area (Å²) in [6.07, 6.45) is 1.29. The van der Waals surface area contributed by atoms with E-state index in [1.54, 1.807) is 19.2 Å². The summed E-state index contributed by atoms with van der Waals surface area (Å²) in [6, 6.07) is 4.70. The Bertz CT molecular complexity index is 695. The van der Waals surface area contributed by atoms with Gasteiger partial charge in [0.25, 0.3) is 5.91 Å². The van der Waals surface area contributed by atoms with Crippen LogP contribution in [0, 0.1) is 0 Å². The van der Waals surface area contributed by atoms with Crippen molar-refractivity contribution in [2.75, 3.05) is 37.4 Å². The Morgan fingerprint density at radius 3 is 2.92 bits per heavy atom. The van der Waals surface area contributed by atoms with Gasteiger partial charge in [0.1, 0.15) is 5.75 Å². The number of nitrogens with one attached hydrogen (secondary N) is 1. The van der Waals surface area contributed by atoms with Crippen LogP contribution in [0.4, 0.5) is 5.69 Å². The fraction of sp³-hybridized carbons (Fsp3) is 0.533. The summed E-state index contributed by atoms with van der Waals surface area (Å²) >= 11 is 5.97. The Hall–Kier alpha value is -1.51. The van der Waals surface area contributed by atoms with E-state index in [1.807, 2.05) is 0 Å². The van der Waals surface area contributed by atoms with E-state index in [-0.39, 0.29) is 18.9 Å². The van der Waals surface area contributed by atoms with E-state index in [2.05, 4.69) is 5.32 Å². The number of methoxy groups -OCH3 is 1. The predicted molar refractivity (Wildman–Crippen MR) is 92.2 cm³/mol. The summed E-state index contributed by atoms with van der Waals surface area (Å²) in [5, 5.41) is 3.17. The minimum absolute atomic E-state index is 0.141. The van der Waals surface area contributed by atoms with Gasteiger partial charge in [0.2, 0.25) is 10.0 Å². The monoisotopic (exact) mass is 376 g/mol. The van der Waals surface area contributed by atoms with E-state index in [9.17, 15) is 13.2 Å². The summed E-state index contributed by atoms with van der Waals surface area (Å²) in [5.74, 6) is 0.0433. The maximum absolute atomic E-state index is 12.3. The number of hydrogen-bond donors (Lipinski definition) is 1. The van der Waals surface area contributed by atoms with Gasteiger partial charge in [-0.25, -0.2) is 8.42 Å². The zero-order valence-electron chi connectivity index (χ0n) is 13.6. The van der Waals surface area contributed by atoms with Crippen molar-refractivity contribution in [3.8, 4) is 5.75 Å². The quantitative estimate of drug-likeness (QED) is 0.759. The highest BCUT2D eigenvalue weighted by Crippen LogP contribution is 2.36. The molecule has 1 aromatic rings. The molecule has 0 radical (unpaired) electrons. The summed E-state index contributed by atoms with van der Waals surface area (Å²) in [7, 11) is -1.91. The van der Waals surface area contributed by atoms with Crippen LogP contribution in [-0.2, 0) is 19.6 Å². The van der Waals surface area contributed by atoms with E-state index in [0.29, 0.717) is 36.0 Å². The van der Waals surface area contributed by atoms with Crippen molar-refractivity contribution in [2.45, 2.75) is 18.9 Å². The highest BCUT2D eigenvalue weighted by molar-refractivity contribution is 7.92. The van der Waals surface area contributed by atoms with Crippen LogP contribution in [0.1, 0.15) is 12.8 Å². The van der Waals surface area contributed by atoms with Crippen LogP contribution < -0.4 is 14.4 Å². The van der Waals surface area contributed by atoms with Crippen molar-refractivity contribution >= 4 is 33.2 Å². The lowest BCUT2D eigenvalue weighted by atomic mass is 10.2. The van der Waals surface area contributed by atoms with Gasteiger partial charge in [-0.3, -0.25) is 9.10 Å². The summed E-state index contributed by atoms with van der Waals surface area (Å²) in [5.41, 5.74) is 0.347. The maximum atomic E-state index is 12.3. The van der Waals surface area contributed by atoms with E-state index in [4.69, 9.17) is 21.1 Å². The molecule has 0 bridgehead atoms. The lowest BCUT2D eigenvalue weighted by Gasteiger charge is -2.21. The number of carbonyl (C=O) groups excluding carboxylic acids is 1. The SMILES string of the molecule is COCCCNC(=O)C1CCN(S(C)(=O)=O)c2cc(Cl)ccc2O1. The number of sulfonamides is 1. The molecule has 1 amide bonds. The summed E-state index contributed by atoms with van der Waals surface area (Å²) in [4.78, 5) is 12.3. The largest absolute Gasteiger partial charge is 0.478 e. The van der Waals surface area contributed by atoms with Gasteiger partial charge in [0.05, 0.1) is 11.9 Å². The van der Waals surface area contributed by atoms with Gasteiger partial charge in [-0.2, -0.15) is 0 Å². The average Bonchev–Trinajstić information content (AvgIpc) is 2.70. The molecule has 1 aliphatic rings. The second-order valence-electron chi connectivity index (χ2n) is 5.48. The first kappa shape index (κ1) is 18.8. The van der Waals surface area contributed by atoms with Crippen molar-refractivity contribution in [3.63, 3.8) is 0 Å². The molecule has 0 aliphatic carbocycles. The number of nitrogens with zero attached hydrogens (tertiary/aromatic N) is 1. The zero-order valence-corrected chi connectivity index (χ0v) is 15.2. The molecule has 2 rings (SSSR count). The normalized spacial score (nSPS) is 17.6. The minimum atomic E-state index is -3.51. The van der Waals surface area contributed by atoms with E-state index in [0.717, 1.165) is 6.26 Å². The molecule has 1 aromatic carbocycles. The number of hydrogen-bond acceptors (Lipinski definition) is 5. The minimum Gasteiger partial charge on any atom is -0.478 e. The van der Waals surface area contributed by atoms with Gasteiger partial charge in [-0.15, -0.1) is 0 Å². The highest BCUT2D eigenvalue weighted by atomic mass is 35.5. The standard InChI is InChI=1S/C15H21ClN2O5S/c1-22-9-3-7-17-15(19)14-6-8-18(24(2,20)21)12-10-11(16)4-5-13(12)23-14/h4-5,10,14H,3,6-9H2,1-2H3,(H,17,19). The summed E-state index contributed by atoms with van der Waals surface area (Å²) < 4.78 is 36.0. The lowest BCUT2D eigenvalue weighted by Crippen LogP contribution is -2.40. The third kappa shape index (κ3) is 4.75. The molecule has 9 heteroatoms. The molecule has 24 heavy (non-hydrogen) atoms. The third-order valence-corrected chi connectivity index (χ3v) is 4.99. The second-order valence-corrected chi connectivity index (χ2v) is 7.82. The average molecular weight is 377 g/mol. The Labute approximate surface area is 146 Å². The highest BCUT2D eigenvalue weighted by Gasteiger charge is 2.31. The zero-order chi connectivity index (χ0) is 17.7. The molecule has 0 aromatic heterocycles. The molecule has 134 valence electrons. The first-order valence-electron chi connectivity index (χ1n) is 7.53. The van der Waals surface area contributed by atoms with Crippen molar-refractivity contribution in [2.24, 2.45) is 0 Å². The van der Waals surface area contributed by atoms with Crippen molar-refractivity contribution < 1.29 is 22.7 Å². The van der Waals surface area contributed by atoms with E-state index < -0.39 is 16.1 Å². The predicted octanol–water partition coefficient (Wildman–Crippen LogP) is 1.41. The Kier molecular flexibility index (Phi) is 6.31. The van der Waals surface area contributed by atoms with Gasteiger partial charge in [-0.05, 0) is 24.6 Å². The van der Waals surface area contributed by atoms with Gasteiger partial charge in [-0.1, -0.05) is 11.6 Å². The third-order valence-electron chi connectivity index (χ3n) is 3.57. The molecule has 0 fully saturated rings. The molecule has 0 spiro atoms. The number of ether oxygens (including phenoxy) is 2. The number of carbonyl (C=O) groups is 1. The molecule has 1 aliphatic heterocycles. The number of benzene rings is 1. The van der Waals surface area contributed by atoms with E-state index >= 15 is 0 Å². The van der Waals surface area contributed by atoms with Crippen molar-refractivity contribution in [3.05, 3.63) is 23.2 Å². The number of anilines is 1. The van der Waals surface area contributed by atoms with Crippen LogP contribution in [-0.4, -0.2) is 53.5 Å². The lowest BCUT2D eigenvalue weighted by molar-refractivity contribution is -0.128. The van der Waals surface area contributed by atoms with Gasteiger partial charge >= 0.3 is 0 Å². The van der Waals surface area contributed by atoms with Crippen LogP contribution in [0.25, 0.3) is 0 Å². The van der Waals surface area contributed by atoms with Crippen LogP contribution >= 0.6 is 11.6 Å². The first-order valence-corrected chi connectivity index (χ1v) is 9.76. The van der Waals surface area contributed by atoms with Crippen molar-refractivity contribution in [1.82, 2.24) is 5.32 Å². The number of halogens is 1. The molecule has 1 heterocycles. The molecule has 7 nitrogen and oxygen atoms in total. The van der Waals surface area contributed by atoms with Crippen LogP contribution in [0.2, 0.25) is 5.02 Å². The summed E-state index contributed by atoms with van der Waals surface area (Å²) in [6.45, 7) is 1.16. The van der Waals surface area contributed by atoms with Crippen molar-refractivity contribution in [1.29, 1.82) is 0 Å². The van der Waals surface area contributed by atoms with E-state index in [1.165, 1.54) is 10.4 Å². The Morgan fingerprint density at radius 2 is 2.25 bits per heavy atom. The number of amides is 1. The molecule has 0 saturated heterocycles. The maximum Gasteiger partial charge on any atom is 0.261 e. The van der Waals surface area contributed by atoms with Crippen LogP contribution in [0.15, 0.2) is 18.2 Å². The van der Waals surface area contributed by atoms with Gasteiger partial charge in [0.15, 0.2) is 6.10 Å². The molecule has 1 atom stereocenters. The molecular weight excluding hydrogens is 356 g/mol. The van der Waals surface area contributed by atoms with Gasteiger partial charge < -0.3 is 14.8 Å². The van der Waals surface area contributed by atoms with Crippen LogP contribution in [0.3, 0.4) is 0 Å². The number of rotatable bonds is 6. The molecular formula is C15H21ClN2O5S. The number of fused-ring (bicyclic) bond motifs is 1. The Balaban J connectivity index is 2.18.